The molecule has 0 fully saturated rings. The summed E-state index contributed by atoms with van der Waals surface area (Å²) in [6, 6.07) is 6.89. The fourth-order valence-corrected chi connectivity index (χ4v) is 5.12. The van der Waals surface area contributed by atoms with Crippen LogP contribution >= 0.6 is 11.3 Å². The molecule has 1 aliphatic rings. The number of fused-ring (bicyclic) bond motifs is 3. The van der Waals surface area contributed by atoms with E-state index in [0.29, 0.717) is 11.3 Å². The fraction of sp³-hybridized carbons (Fsp3) is 0.391. The highest BCUT2D eigenvalue weighted by atomic mass is 32.1. The molecule has 0 saturated carbocycles. The number of nitrogens with zero attached hydrogens (tertiary/aromatic N) is 2. The van der Waals surface area contributed by atoms with Crippen LogP contribution in [0.25, 0.3) is 10.2 Å². The molecule has 2 amide bonds. The molecule has 0 spiro atoms. The average molecular weight is 439 g/mol. The summed E-state index contributed by atoms with van der Waals surface area (Å²) in [5.74, 6) is -0.497. The second-order valence-corrected chi connectivity index (χ2v) is 9.19. The van der Waals surface area contributed by atoms with Crippen molar-refractivity contribution in [2.75, 3.05) is 5.32 Å². The Morgan fingerprint density at radius 3 is 2.77 bits per heavy atom. The molecule has 0 bridgehead atoms. The first kappa shape index (κ1) is 21.2. The molecule has 31 heavy (non-hydrogen) atoms. The summed E-state index contributed by atoms with van der Waals surface area (Å²) in [6.45, 7) is 4.00. The van der Waals surface area contributed by atoms with Gasteiger partial charge in [-0.3, -0.25) is 19.0 Å². The van der Waals surface area contributed by atoms with Crippen LogP contribution < -0.4 is 16.2 Å². The number of anilines is 1. The maximum absolute atomic E-state index is 13.0. The fourth-order valence-electron chi connectivity index (χ4n) is 3.91. The van der Waals surface area contributed by atoms with E-state index in [4.69, 9.17) is 0 Å². The van der Waals surface area contributed by atoms with Crippen LogP contribution in [0.5, 0.6) is 0 Å². The number of benzene rings is 1. The van der Waals surface area contributed by atoms with Crippen LogP contribution in [0.15, 0.2) is 35.4 Å². The Morgan fingerprint density at radius 1 is 1.19 bits per heavy atom. The first-order valence-corrected chi connectivity index (χ1v) is 11.4. The number of amides is 2. The summed E-state index contributed by atoms with van der Waals surface area (Å²) in [6.07, 6.45) is 5.83. The van der Waals surface area contributed by atoms with Crippen LogP contribution in [-0.4, -0.2) is 27.4 Å². The third kappa shape index (κ3) is 4.54. The Morgan fingerprint density at radius 2 is 1.97 bits per heavy atom. The molecule has 0 aliphatic heterocycles. The standard InChI is InChI=1S/C23H26N4O3S/c1-14(2)25-21(29)15-7-3-5-9-17(15)26-19(28)11-12-27-13-24-22-20(23(27)30)16-8-4-6-10-18(16)31-22/h3,5,7,9,13-14H,4,6,8,10-12H2,1-2H3,(H,25,29)(H,26,28). The van der Waals surface area contributed by atoms with E-state index in [9.17, 15) is 14.4 Å². The van der Waals surface area contributed by atoms with Crippen LogP contribution in [0.4, 0.5) is 5.69 Å². The number of rotatable bonds is 6. The quantitative estimate of drug-likeness (QED) is 0.616. The van der Waals surface area contributed by atoms with Crippen molar-refractivity contribution >= 4 is 39.1 Å². The predicted octanol–water partition coefficient (Wildman–Crippen LogP) is 3.50. The van der Waals surface area contributed by atoms with Crippen LogP contribution in [0.1, 0.15) is 53.9 Å². The van der Waals surface area contributed by atoms with Gasteiger partial charge in [-0.25, -0.2) is 4.98 Å². The van der Waals surface area contributed by atoms with Crippen molar-refractivity contribution in [3.05, 3.63) is 57.0 Å². The minimum absolute atomic E-state index is 0.00611. The maximum atomic E-state index is 13.0. The summed E-state index contributed by atoms with van der Waals surface area (Å²) in [4.78, 5) is 44.5. The van der Waals surface area contributed by atoms with Crippen molar-refractivity contribution in [2.45, 2.75) is 58.5 Å². The molecule has 0 atom stereocenters. The van der Waals surface area contributed by atoms with Gasteiger partial charge in [0.1, 0.15) is 4.83 Å². The third-order valence-electron chi connectivity index (χ3n) is 5.39. The lowest BCUT2D eigenvalue weighted by molar-refractivity contribution is -0.116. The van der Waals surface area contributed by atoms with Gasteiger partial charge < -0.3 is 10.6 Å². The van der Waals surface area contributed by atoms with Crippen molar-refractivity contribution in [1.29, 1.82) is 0 Å². The number of hydrogen-bond acceptors (Lipinski definition) is 5. The zero-order valence-electron chi connectivity index (χ0n) is 17.7. The molecule has 4 rings (SSSR count). The van der Waals surface area contributed by atoms with Gasteiger partial charge >= 0.3 is 0 Å². The smallest absolute Gasteiger partial charge is 0.262 e. The third-order valence-corrected chi connectivity index (χ3v) is 6.59. The number of para-hydroxylation sites is 1. The van der Waals surface area contributed by atoms with Crippen molar-refractivity contribution in [3.8, 4) is 0 Å². The van der Waals surface area contributed by atoms with E-state index in [0.717, 1.165) is 41.5 Å². The van der Waals surface area contributed by atoms with Crippen molar-refractivity contribution in [1.82, 2.24) is 14.9 Å². The molecular weight excluding hydrogens is 412 g/mol. The first-order valence-electron chi connectivity index (χ1n) is 10.6. The topological polar surface area (TPSA) is 93.1 Å². The Balaban J connectivity index is 1.48. The van der Waals surface area contributed by atoms with Crippen molar-refractivity contribution < 1.29 is 9.59 Å². The largest absolute Gasteiger partial charge is 0.350 e. The van der Waals surface area contributed by atoms with Crippen LogP contribution in [0, 0.1) is 0 Å². The van der Waals surface area contributed by atoms with E-state index in [1.165, 1.54) is 15.8 Å². The molecule has 3 aromatic rings. The first-order chi connectivity index (χ1) is 14.9. The molecular formula is C23H26N4O3S. The monoisotopic (exact) mass is 438 g/mol. The van der Waals surface area contributed by atoms with E-state index in [1.54, 1.807) is 35.6 Å². The minimum atomic E-state index is -0.260. The number of nitrogens with one attached hydrogen (secondary N) is 2. The molecule has 2 aromatic heterocycles. The number of thiophene rings is 1. The highest BCUT2D eigenvalue weighted by Crippen LogP contribution is 2.33. The van der Waals surface area contributed by atoms with E-state index in [-0.39, 0.29) is 36.4 Å². The van der Waals surface area contributed by atoms with Crippen LogP contribution in [-0.2, 0) is 24.2 Å². The maximum Gasteiger partial charge on any atom is 0.262 e. The summed E-state index contributed by atoms with van der Waals surface area (Å²) in [5.41, 5.74) is 1.94. The highest BCUT2D eigenvalue weighted by molar-refractivity contribution is 7.18. The number of carbonyl (C=O) groups is 2. The van der Waals surface area contributed by atoms with Crippen molar-refractivity contribution in [2.24, 2.45) is 0 Å². The Bertz CT molecular complexity index is 1200. The van der Waals surface area contributed by atoms with Gasteiger partial charge in [0.2, 0.25) is 5.91 Å². The second kappa shape index (κ2) is 9.01. The molecule has 2 N–H and O–H groups in total. The zero-order valence-corrected chi connectivity index (χ0v) is 18.6. The van der Waals surface area contributed by atoms with Gasteiger partial charge in [0.15, 0.2) is 0 Å². The van der Waals surface area contributed by atoms with Gasteiger partial charge in [-0.05, 0) is 57.2 Å². The second-order valence-electron chi connectivity index (χ2n) is 8.11. The predicted molar refractivity (Wildman–Crippen MR) is 123 cm³/mol. The van der Waals surface area contributed by atoms with Gasteiger partial charge in [-0.2, -0.15) is 0 Å². The number of aromatic nitrogens is 2. The Hall–Kier alpha value is -3.00. The summed E-state index contributed by atoms with van der Waals surface area (Å²) in [5, 5.41) is 6.36. The van der Waals surface area contributed by atoms with Crippen LogP contribution in [0.3, 0.4) is 0 Å². The van der Waals surface area contributed by atoms with Gasteiger partial charge in [0.25, 0.3) is 11.5 Å². The minimum Gasteiger partial charge on any atom is -0.350 e. The van der Waals surface area contributed by atoms with Gasteiger partial charge in [-0.1, -0.05) is 12.1 Å². The molecule has 0 unspecified atom stereocenters. The lowest BCUT2D eigenvalue weighted by Gasteiger charge is -2.13. The van der Waals surface area contributed by atoms with E-state index < -0.39 is 0 Å². The molecule has 162 valence electrons. The Kier molecular flexibility index (Phi) is 6.18. The Labute approximate surface area is 184 Å². The molecule has 0 saturated heterocycles. The summed E-state index contributed by atoms with van der Waals surface area (Å²) < 4.78 is 1.51. The normalized spacial score (nSPS) is 13.3. The van der Waals surface area contributed by atoms with E-state index in [1.807, 2.05) is 13.8 Å². The van der Waals surface area contributed by atoms with Crippen LogP contribution in [0.2, 0.25) is 0 Å². The molecule has 0 radical (unpaired) electrons. The molecule has 1 aliphatic carbocycles. The van der Waals surface area contributed by atoms with Crippen molar-refractivity contribution in [3.63, 3.8) is 0 Å². The molecule has 7 nitrogen and oxygen atoms in total. The summed E-state index contributed by atoms with van der Waals surface area (Å²) in [7, 11) is 0. The molecule has 2 heterocycles. The lowest BCUT2D eigenvalue weighted by atomic mass is 9.97. The van der Waals surface area contributed by atoms with Gasteiger partial charge in [0, 0.05) is 23.9 Å². The van der Waals surface area contributed by atoms with Gasteiger partial charge in [0.05, 0.1) is 23.0 Å². The van der Waals surface area contributed by atoms with Gasteiger partial charge in [-0.15, -0.1) is 11.3 Å². The average Bonchev–Trinajstić information content (AvgIpc) is 3.12. The number of hydrogen-bond donors (Lipinski definition) is 2. The van der Waals surface area contributed by atoms with E-state index in [2.05, 4.69) is 15.6 Å². The molecule has 8 heteroatoms. The zero-order chi connectivity index (χ0) is 22.0. The lowest BCUT2D eigenvalue weighted by Crippen LogP contribution is -2.31. The number of aryl methyl sites for hydroxylation is 3. The SMILES string of the molecule is CC(C)NC(=O)c1ccccc1NC(=O)CCn1cnc2sc3c(c2c1=O)CCCC3. The highest BCUT2D eigenvalue weighted by Gasteiger charge is 2.20. The van der Waals surface area contributed by atoms with E-state index >= 15 is 0 Å². The summed E-state index contributed by atoms with van der Waals surface area (Å²) >= 11 is 1.62. The molecule has 1 aromatic carbocycles. The number of carbonyl (C=O) groups excluding carboxylic acids is 2.